The largest absolute Gasteiger partial charge is 0.466 e. The van der Waals surface area contributed by atoms with Gasteiger partial charge < -0.3 is 4.74 Å². The summed E-state index contributed by atoms with van der Waals surface area (Å²) in [5, 5.41) is 0. The Balaban J connectivity index is 3.17. The van der Waals surface area contributed by atoms with Crippen molar-refractivity contribution in [3.05, 3.63) is 12.2 Å². The molecule has 0 fully saturated rings. The van der Waals surface area contributed by atoms with E-state index in [1.54, 1.807) is 0 Å². The molecule has 0 atom stereocenters. The molecule has 0 N–H and O–H groups in total. The summed E-state index contributed by atoms with van der Waals surface area (Å²) < 4.78 is 5.44. The quantitative estimate of drug-likeness (QED) is 0.0443. The van der Waals surface area contributed by atoms with Gasteiger partial charge in [0.2, 0.25) is 0 Å². The number of unbranched alkanes of at least 4 members (excludes halogenated alkanes) is 28. The Kier molecular flexibility index (Phi) is 35.5. The van der Waals surface area contributed by atoms with Gasteiger partial charge in [-0.25, -0.2) is 0 Å². The topological polar surface area (TPSA) is 26.3 Å². The zero-order chi connectivity index (χ0) is 29.0. The molecular weight excluding hydrogens is 488 g/mol. The zero-order valence-electron chi connectivity index (χ0n) is 27.8. The normalized spacial score (nSPS) is 11.6. The van der Waals surface area contributed by atoms with Gasteiger partial charge in [0.1, 0.15) is 0 Å². The molecule has 0 amide bonds. The average molecular weight is 563 g/mol. The Morgan fingerprint density at radius 1 is 0.400 bits per heavy atom. The average Bonchev–Trinajstić information content (AvgIpc) is 2.96. The van der Waals surface area contributed by atoms with Crippen LogP contribution in [0.2, 0.25) is 0 Å². The summed E-state index contributed by atoms with van der Waals surface area (Å²) in [4.78, 5) is 11.9. The fourth-order valence-corrected chi connectivity index (χ4v) is 5.60. The Labute approximate surface area is 253 Å². The van der Waals surface area contributed by atoms with Gasteiger partial charge in [-0.05, 0) is 38.5 Å². The second-order valence-corrected chi connectivity index (χ2v) is 12.6. The summed E-state index contributed by atoms with van der Waals surface area (Å²) >= 11 is 0. The van der Waals surface area contributed by atoms with Gasteiger partial charge in [0, 0.05) is 6.42 Å². The molecule has 0 aliphatic carbocycles. The summed E-state index contributed by atoms with van der Waals surface area (Å²) in [6.45, 7) is 5.20. The molecule has 0 saturated heterocycles. The fraction of sp³-hybridized carbons (Fsp3) is 0.921. The van der Waals surface area contributed by atoms with E-state index in [2.05, 4.69) is 26.0 Å². The first kappa shape index (κ1) is 39.2. The van der Waals surface area contributed by atoms with Crippen LogP contribution in [-0.4, -0.2) is 12.6 Å². The molecule has 0 heterocycles. The van der Waals surface area contributed by atoms with Gasteiger partial charge in [-0.2, -0.15) is 0 Å². The summed E-state index contributed by atoms with van der Waals surface area (Å²) in [6, 6.07) is 0. The van der Waals surface area contributed by atoms with Crippen molar-refractivity contribution in [2.24, 2.45) is 0 Å². The minimum absolute atomic E-state index is 0.0244. The summed E-state index contributed by atoms with van der Waals surface area (Å²) in [7, 11) is 0. The molecule has 0 aliphatic heterocycles. The summed E-state index contributed by atoms with van der Waals surface area (Å²) in [6.07, 6.45) is 47.1. The van der Waals surface area contributed by atoms with Gasteiger partial charge in [-0.15, -0.1) is 0 Å². The first-order valence-corrected chi connectivity index (χ1v) is 18.6. The highest BCUT2D eigenvalue weighted by molar-refractivity contribution is 5.69. The molecule has 0 aromatic carbocycles. The van der Waals surface area contributed by atoms with Crippen LogP contribution in [0.4, 0.5) is 0 Å². The van der Waals surface area contributed by atoms with Crippen LogP contribution in [0.15, 0.2) is 12.2 Å². The van der Waals surface area contributed by atoms with E-state index >= 15 is 0 Å². The van der Waals surface area contributed by atoms with E-state index in [0.29, 0.717) is 13.0 Å². The van der Waals surface area contributed by atoms with E-state index in [0.717, 1.165) is 12.8 Å². The maximum atomic E-state index is 11.9. The van der Waals surface area contributed by atoms with Gasteiger partial charge >= 0.3 is 5.97 Å². The lowest BCUT2D eigenvalue weighted by molar-refractivity contribution is -0.143. The molecule has 238 valence electrons. The Morgan fingerprint density at radius 3 is 1.07 bits per heavy atom. The molecule has 0 unspecified atom stereocenters. The van der Waals surface area contributed by atoms with Gasteiger partial charge in [-0.3, -0.25) is 4.79 Å². The van der Waals surface area contributed by atoms with Crippen molar-refractivity contribution in [3.8, 4) is 0 Å². The third-order valence-corrected chi connectivity index (χ3v) is 8.40. The van der Waals surface area contributed by atoms with Crippen LogP contribution >= 0.6 is 0 Å². The Morgan fingerprint density at radius 2 is 0.700 bits per heavy atom. The highest BCUT2D eigenvalue weighted by Gasteiger charge is 2.02. The molecule has 0 aromatic rings. The van der Waals surface area contributed by atoms with Crippen LogP contribution in [0.25, 0.3) is 0 Å². The standard InChI is InChI=1S/C38H74O2/c1-3-5-7-9-11-13-15-17-18-19-20-21-22-23-24-25-26-28-30-32-34-36-38(39)40-37-35-33-31-29-27-16-14-12-10-8-6-4-2/h17-18H,3-16,19-37H2,1-2H3. The Bertz CT molecular complexity index is 498. The minimum atomic E-state index is 0.0244. The van der Waals surface area contributed by atoms with Crippen LogP contribution in [0.1, 0.15) is 219 Å². The first-order valence-electron chi connectivity index (χ1n) is 18.6. The van der Waals surface area contributed by atoms with E-state index in [4.69, 9.17) is 4.74 Å². The van der Waals surface area contributed by atoms with Crippen molar-refractivity contribution in [2.75, 3.05) is 6.61 Å². The molecule has 0 rings (SSSR count). The monoisotopic (exact) mass is 563 g/mol. The van der Waals surface area contributed by atoms with E-state index in [1.807, 2.05) is 0 Å². The van der Waals surface area contributed by atoms with Crippen LogP contribution in [0, 0.1) is 0 Å². The molecule has 0 radical (unpaired) electrons. The number of hydrogen-bond donors (Lipinski definition) is 0. The predicted octanol–water partition coefficient (Wildman–Crippen LogP) is 13.6. The van der Waals surface area contributed by atoms with Crippen molar-refractivity contribution >= 4 is 5.97 Å². The van der Waals surface area contributed by atoms with Crippen molar-refractivity contribution in [3.63, 3.8) is 0 Å². The molecule has 2 heteroatoms. The van der Waals surface area contributed by atoms with Crippen LogP contribution in [0.5, 0.6) is 0 Å². The summed E-state index contributed by atoms with van der Waals surface area (Å²) in [5.41, 5.74) is 0. The minimum Gasteiger partial charge on any atom is -0.466 e. The van der Waals surface area contributed by atoms with Crippen LogP contribution in [-0.2, 0) is 9.53 Å². The second-order valence-electron chi connectivity index (χ2n) is 12.6. The molecular formula is C38H74O2. The lowest BCUT2D eigenvalue weighted by Crippen LogP contribution is -2.05. The number of ether oxygens (including phenoxy) is 1. The van der Waals surface area contributed by atoms with Gasteiger partial charge in [0.05, 0.1) is 6.61 Å². The van der Waals surface area contributed by atoms with Gasteiger partial charge in [0.15, 0.2) is 0 Å². The lowest BCUT2D eigenvalue weighted by atomic mass is 10.0. The molecule has 0 spiro atoms. The second kappa shape index (κ2) is 36.2. The summed E-state index contributed by atoms with van der Waals surface area (Å²) in [5.74, 6) is 0.0244. The SMILES string of the molecule is CCCCCCCCC=CCCCCCCCCCCCCCC(=O)OCCCCCCCCCCCCCC. The number of hydrogen-bond acceptors (Lipinski definition) is 2. The van der Waals surface area contributed by atoms with E-state index in [-0.39, 0.29) is 5.97 Å². The van der Waals surface area contributed by atoms with Crippen molar-refractivity contribution < 1.29 is 9.53 Å². The lowest BCUT2D eigenvalue weighted by Gasteiger charge is -2.06. The van der Waals surface area contributed by atoms with Crippen molar-refractivity contribution in [1.82, 2.24) is 0 Å². The smallest absolute Gasteiger partial charge is 0.305 e. The van der Waals surface area contributed by atoms with Gasteiger partial charge in [0.25, 0.3) is 0 Å². The van der Waals surface area contributed by atoms with Crippen molar-refractivity contribution in [1.29, 1.82) is 0 Å². The molecule has 0 aliphatic rings. The van der Waals surface area contributed by atoms with E-state index in [9.17, 15) is 4.79 Å². The number of allylic oxidation sites excluding steroid dienone is 2. The number of carbonyl (C=O) groups excluding carboxylic acids is 1. The highest BCUT2D eigenvalue weighted by atomic mass is 16.5. The first-order chi connectivity index (χ1) is 19.8. The van der Waals surface area contributed by atoms with Crippen molar-refractivity contribution in [2.45, 2.75) is 219 Å². The molecule has 40 heavy (non-hydrogen) atoms. The third-order valence-electron chi connectivity index (χ3n) is 8.40. The zero-order valence-corrected chi connectivity index (χ0v) is 27.8. The molecule has 0 bridgehead atoms. The molecule has 0 aromatic heterocycles. The molecule has 2 nitrogen and oxygen atoms in total. The number of rotatable bonds is 34. The highest BCUT2D eigenvalue weighted by Crippen LogP contribution is 2.14. The van der Waals surface area contributed by atoms with Gasteiger partial charge in [-0.1, -0.05) is 187 Å². The third kappa shape index (κ3) is 35.2. The predicted molar refractivity (Wildman–Crippen MR) is 179 cm³/mol. The fourth-order valence-electron chi connectivity index (χ4n) is 5.60. The van der Waals surface area contributed by atoms with Crippen LogP contribution < -0.4 is 0 Å². The Hall–Kier alpha value is -0.790. The van der Waals surface area contributed by atoms with Crippen LogP contribution in [0.3, 0.4) is 0 Å². The maximum absolute atomic E-state index is 11.9. The number of carbonyl (C=O) groups is 1. The maximum Gasteiger partial charge on any atom is 0.305 e. The molecule has 0 saturated carbocycles. The van der Waals surface area contributed by atoms with E-state index in [1.165, 1.54) is 186 Å². The number of esters is 1. The van der Waals surface area contributed by atoms with E-state index < -0.39 is 0 Å².